The Hall–Kier alpha value is -1.79. The van der Waals surface area contributed by atoms with E-state index in [9.17, 15) is 14.5 Å². The van der Waals surface area contributed by atoms with E-state index in [4.69, 9.17) is 0 Å². The monoisotopic (exact) mass is 280 g/mol. The van der Waals surface area contributed by atoms with E-state index in [0.717, 1.165) is 16.2 Å². The van der Waals surface area contributed by atoms with E-state index in [-0.39, 0.29) is 16.9 Å². The molecule has 100 valence electrons. The Labute approximate surface area is 114 Å². The van der Waals surface area contributed by atoms with Gasteiger partial charge in [0.25, 0.3) is 0 Å². The van der Waals surface area contributed by atoms with Crippen molar-refractivity contribution in [2.45, 2.75) is 19.5 Å². The Morgan fingerprint density at radius 3 is 2.74 bits per heavy atom. The van der Waals surface area contributed by atoms with E-state index in [2.05, 4.69) is 5.32 Å². The van der Waals surface area contributed by atoms with E-state index < -0.39 is 4.92 Å². The largest absolute Gasteiger partial charge is 0.324 e. The fourth-order valence-electron chi connectivity index (χ4n) is 1.75. The van der Waals surface area contributed by atoms with Crippen LogP contribution in [0.25, 0.3) is 0 Å². The fourth-order valence-corrected chi connectivity index (χ4v) is 2.52. The van der Waals surface area contributed by atoms with Gasteiger partial charge >= 0.3 is 5.00 Å². The van der Waals surface area contributed by atoms with Crippen LogP contribution in [0, 0.1) is 15.9 Å². The van der Waals surface area contributed by atoms with Crippen molar-refractivity contribution in [2.75, 3.05) is 0 Å². The van der Waals surface area contributed by atoms with Gasteiger partial charge in [0.15, 0.2) is 0 Å². The third kappa shape index (κ3) is 3.36. The van der Waals surface area contributed by atoms with Crippen molar-refractivity contribution in [1.29, 1.82) is 0 Å². The summed E-state index contributed by atoms with van der Waals surface area (Å²) in [5.74, 6) is -0.250. The fraction of sp³-hybridized carbons (Fsp3) is 0.231. The molecule has 1 atom stereocenters. The number of nitrogens with zero attached hydrogens (tertiary/aromatic N) is 1. The van der Waals surface area contributed by atoms with Crippen LogP contribution in [0.3, 0.4) is 0 Å². The molecule has 0 aliphatic rings. The first-order chi connectivity index (χ1) is 9.08. The van der Waals surface area contributed by atoms with Crippen LogP contribution in [0.15, 0.2) is 36.4 Å². The lowest BCUT2D eigenvalue weighted by atomic mass is 10.1. The molecule has 0 fully saturated rings. The van der Waals surface area contributed by atoms with Gasteiger partial charge < -0.3 is 5.32 Å². The zero-order valence-corrected chi connectivity index (χ0v) is 11.1. The van der Waals surface area contributed by atoms with Gasteiger partial charge in [-0.1, -0.05) is 29.5 Å². The lowest BCUT2D eigenvalue weighted by molar-refractivity contribution is -0.380. The molecule has 0 saturated carbocycles. The number of hydrogen-bond acceptors (Lipinski definition) is 4. The SMILES string of the molecule is CC(NCc1ccc([N+](=O)[O-])s1)c1ccccc1F. The smallest absolute Gasteiger partial charge is 0.305 e. The van der Waals surface area contributed by atoms with Crippen LogP contribution in [0.2, 0.25) is 0 Å². The van der Waals surface area contributed by atoms with Crippen molar-refractivity contribution >= 4 is 16.3 Å². The van der Waals surface area contributed by atoms with Crippen molar-refractivity contribution in [1.82, 2.24) is 5.32 Å². The maximum atomic E-state index is 13.5. The van der Waals surface area contributed by atoms with Gasteiger partial charge in [-0.15, -0.1) is 0 Å². The number of nitrogens with one attached hydrogen (secondary N) is 1. The summed E-state index contributed by atoms with van der Waals surface area (Å²) in [5, 5.41) is 13.8. The van der Waals surface area contributed by atoms with Gasteiger partial charge in [0, 0.05) is 29.1 Å². The Bertz CT molecular complexity index is 586. The quantitative estimate of drug-likeness (QED) is 0.672. The highest BCUT2D eigenvalue weighted by Crippen LogP contribution is 2.24. The molecule has 1 aromatic heterocycles. The predicted octanol–water partition coefficient (Wildman–Crippen LogP) is 3.65. The Balaban J connectivity index is 1.98. The first-order valence-electron chi connectivity index (χ1n) is 5.79. The average molecular weight is 280 g/mol. The van der Waals surface area contributed by atoms with Gasteiger partial charge in [0.1, 0.15) is 5.82 Å². The van der Waals surface area contributed by atoms with Gasteiger partial charge in [-0.3, -0.25) is 10.1 Å². The van der Waals surface area contributed by atoms with Crippen molar-refractivity contribution in [3.8, 4) is 0 Å². The number of rotatable bonds is 5. The molecule has 0 saturated heterocycles. The maximum absolute atomic E-state index is 13.5. The highest BCUT2D eigenvalue weighted by molar-refractivity contribution is 7.15. The molecule has 1 heterocycles. The molecular weight excluding hydrogens is 267 g/mol. The summed E-state index contributed by atoms with van der Waals surface area (Å²) >= 11 is 1.13. The molecule has 6 heteroatoms. The summed E-state index contributed by atoms with van der Waals surface area (Å²) in [7, 11) is 0. The standard InChI is InChI=1S/C13H13FN2O2S/c1-9(11-4-2-3-5-12(11)14)15-8-10-6-7-13(19-10)16(17)18/h2-7,9,15H,8H2,1H3. The van der Waals surface area contributed by atoms with E-state index in [1.807, 2.05) is 6.92 Å². The molecule has 0 aliphatic heterocycles. The lowest BCUT2D eigenvalue weighted by Gasteiger charge is -2.14. The molecular formula is C13H13FN2O2S. The first kappa shape index (κ1) is 13.6. The van der Waals surface area contributed by atoms with Crippen molar-refractivity contribution in [3.05, 3.63) is 62.8 Å². The minimum Gasteiger partial charge on any atom is -0.305 e. The highest BCUT2D eigenvalue weighted by atomic mass is 32.1. The molecule has 1 unspecified atom stereocenters. The molecule has 2 aromatic rings. The molecule has 0 aliphatic carbocycles. The summed E-state index contributed by atoms with van der Waals surface area (Å²) in [5.41, 5.74) is 0.591. The second kappa shape index (κ2) is 5.90. The van der Waals surface area contributed by atoms with Gasteiger partial charge in [0.2, 0.25) is 0 Å². The second-order valence-electron chi connectivity index (χ2n) is 4.12. The van der Waals surface area contributed by atoms with Gasteiger partial charge in [-0.05, 0) is 19.1 Å². The molecule has 19 heavy (non-hydrogen) atoms. The number of nitro groups is 1. The van der Waals surface area contributed by atoms with E-state index in [1.54, 1.807) is 24.3 Å². The van der Waals surface area contributed by atoms with E-state index in [0.29, 0.717) is 12.1 Å². The van der Waals surface area contributed by atoms with Gasteiger partial charge in [-0.25, -0.2) is 4.39 Å². The molecule has 0 spiro atoms. The van der Waals surface area contributed by atoms with Crippen LogP contribution in [0.4, 0.5) is 9.39 Å². The molecule has 1 N–H and O–H groups in total. The summed E-state index contributed by atoms with van der Waals surface area (Å²) < 4.78 is 13.5. The van der Waals surface area contributed by atoms with Crippen LogP contribution in [-0.4, -0.2) is 4.92 Å². The zero-order valence-electron chi connectivity index (χ0n) is 10.3. The summed E-state index contributed by atoms with van der Waals surface area (Å²) in [4.78, 5) is 11.0. The topological polar surface area (TPSA) is 55.2 Å². The van der Waals surface area contributed by atoms with Crippen LogP contribution in [0.1, 0.15) is 23.4 Å². The van der Waals surface area contributed by atoms with Gasteiger partial charge in [0.05, 0.1) is 4.92 Å². The van der Waals surface area contributed by atoms with Crippen molar-refractivity contribution in [3.63, 3.8) is 0 Å². The molecule has 0 amide bonds. The van der Waals surface area contributed by atoms with Crippen molar-refractivity contribution in [2.24, 2.45) is 0 Å². The third-order valence-electron chi connectivity index (χ3n) is 2.78. The molecule has 2 rings (SSSR count). The summed E-state index contributed by atoms with van der Waals surface area (Å²) in [6, 6.07) is 9.62. The average Bonchev–Trinajstić information content (AvgIpc) is 2.85. The minimum absolute atomic E-state index is 0.121. The number of benzene rings is 1. The normalized spacial score (nSPS) is 12.3. The van der Waals surface area contributed by atoms with Crippen LogP contribution >= 0.6 is 11.3 Å². The third-order valence-corrected chi connectivity index (χ3v) is 3.82. The summed E-state index contributed by atoms with van der Waals surface area (Å²) in [6.07, 6.45) is 0. The van der Waals surface area contributed by atoms with Gasteiger partial charge in [-0.2, -0.15) is 0 Å². The minimum atomic E-state index is -0.408. The predicted molar refractivity (Wildman–Crippen MR) is 72.6 cm³/mol. The molecule has 0 bridgehead atoms. The Morgan fingerprint density at radius 1 is 1.37 bits per heavy atom. The molecule has 1 aromatic carbocycles. The maximum Gasteiger partial charge on any atom is 0.324 e. The first-order valence-corrected chi connectivity index (χ1v) is 6.60. The van der Waals surface area contributed by atoms with E-state index >= 15 is 0 Å². The van der Waals surface area contributed by atoms with Crippen LogP contribution in [0.5, 0.6) is 0 Å². The van der Waals surface area contributed by atoms with Crippen LogP contribution < -0.4 is 5.32 Å². The van der Waals surface area contributed by atoms with Crippen molar-refractivity contribution < 1.29 is 9.31 Å². The second-order valence-corrected chi connectivity index (χ2v) is 5.27. The van der Waals surface area contributed by atoms with E-state index in [1.165, 1.54) is 12.1 Å². The zero-order chi connectivity index (χ0) is 13.8. The number of thiophene rings is 1. The molecule has 4 nitrogen and oxygen atoms in total. The number of hydrogen-bond donors (Lipinski definition) is 1. The number of halogens is 1. The lowest BCUT2D eigenvalue weighted by Crippen LogP contribution is -2.18. The highest BCUT2D eigenvalue weighted by Gasteiger charge is 2.12. The van der Waals surface area contributed by atoms with Crippen LogP contribution in [-0.2, 0) is 6.54 Å². The molecule has 0 radical (unpaired) electrons. The Kier molecular flexibility index (Phi) is 4.24. The Morgan fingerprint density at radius 2 is 2.11 bits per heavy atom. The summed E-state index contributed by atoms with van der Waals surface area (Å²) in [6.45, 7) is 2.34.